The van der Waals surface area contributed by atoms with E-state index in [9.17, 15) is 4.79 Å². The highest BCUT2D eigenvalue weighted by molar-refractivity contribution is 5.93. The van der Waals surface area contributed by atoms with Crippen LogP contribution in [0.3, 0.4) is 0 Å². The molecule has 0 saturated carbocycles. The van der Waals surface area contributed by atoms with Crippen molar-refractivity contribution in [3.8, 4) is 6.01 Å². The van der Waals surface area contributed by atoms with Crippen LogP contribution in [0.1, 0.15) is 29.6 Å². The van der Waals surface area contributed by atoms with Crippen molar-refractivity contribution in [2.24, 2.45) is 0 Å². The van der Waals surface area contributed by atoms with Gasteiger partial charge in [-0.25, -0.2) is 9.97 Å². The molecule has 1 fully saturated rings. The van der Waals surface area contributed by atoms with Crippen LogP contribution in [-0.2, 0) is 0 Å². The van der Waals surface area contributed by atoms with E-state index in [2.05, 4.69) is 9.97 Å². The first-order chi connectivity index (χ1) is 7.81. The summed E-state index contributed by atoms with van der Waals surface area (Å²) in [7, 11) is 1.50. The summed E-state index contributed by atoms with van der Waals surface area (Å²) in [5.41, 5.74) is 0.530. The van der Waals surface area contributed by atoms with Crippen molar-refractivity contribution in [2.75, 3.05) is 20.2 Å². The van der Waals surface area contributed by atoms with Crippen LogP contribution in [0.25, 0.3) is 0 Å². The van der Waals surface area contributed by atoms with Crippen molar-refractivity contribution in [1.82, 2.24) is 14.9 Å². The first-order valence-corrected chi connectivity index (χ1v) is 5.46. The van der Waals surface area contributed by atoms with Gasteiger partial charge in [-0.3, -0.25) is 4.79 Å². The molecule has 0 unspecified atom stereocenters. The van der Waals surface area contributed by atoms with Gasteiger partial charge in [0.25, 0.3) is 5.91 Å². The third-order valence-electron chi connectivity index (χ3n) is 2.70. The van der Waals surface area contributed by atoms with Crippen LogP contribution in [-0.4, -0.2) is 41.0 Å². The van der Waals surface area contributed by atoms with Gasteiger partial charge in [0.1, 0.15) is 0 Å². The van der Waals surface area contributed by atoms with Gasteiger partial charge in [0, 0.05) is 25.5 Å². The van der Waals surface area contributed by atoms with Crippen molar-refractivity contribution in [2.45, 2.75) is 19.3 Å². The normalized spacial score (nSPS) is 15.9. The van der Waals surface area contributed by atoms with E-state index in [1.54, 1.807) is 0 Å². The van der Waals surface area contributed by atoms with E-state index in [4.69, 9.17) is 4.74 Å². The van der Waals surface area contributed by atoms with Gasteiger partial charge < -0.3 is 9.64 Å². The van der Waals surface area contributed by atoms with Gasteiger partial charge in [0.15, 0.2) is 0 Å². The number of methoxy groups -OCH3 is 1. The van der Waals surface area contributed by atoms with Crippen LogP contribution >= 0.6 is 0 Å². The standard InChI is InChI=1S/C11H15N3O2/c1-16-11-12-7-9(8-13-11)10(15)14-5-3-2-4-6-14/h7-8H,2-6H2,1H3. The Morgan fingerprint density at radius 3 is 2.44 bits per heavy atom. The van der Waals surface area contributed by atoms with Gasteiger partial charge in [0.2, 0.25) is 0 Å². The number of amides is 1. The summed E-state index contributed by atoms with van der Waals surface area (Å²) in [6.45, 7) is 1.68. The number of piperidine rings is 1. The minimum Gasteiger partial charge on any atom is -0.467 e. The lowest BCUT2D eigenvalue weighted by Crippen LogP contribution is -2.35. The van der Waals surface area contributed by atoms with E-state index >= 15 is 0 Å². The van der Waals surface area contributed by atoms with Crippen LogP contribution in [0.4, 0.5) is 0 Å². The largest absolute Gasteiger partial charge is 0.467 e. The number of carbonyl (C=O) groups is 1. The molecule has 2 rings (SSSR count). The molecule has 1 saturated heterocycles. The van der Waals surface area contributed by atoms with Crippen LogP contribution < -0.4 is 4.74 Å². The molecule has 1 aromatic rings. The number of rotatable bonds is 2. The lowest BCUT2D eigenvalue weighted by Gasteiger charge is -2.26. The minimum absolute atomic E-state index is 0.0161. The van der Waals surface area contributed by atoms with E-state index in [1.165, 1.54) is 25.9 Å². The van der Waals surface area contributed by atoms with Crippen molar-refractivity contribution in [1.29, 1.82) is 0 Å². The van der Waals surface area contributed by atoms with E-state index in [1.807, 2.05) is 4.90 Å². The molecule has 0 aliphatic carbocycles. The van der Waals surface area contributed by atoms with Crippen LogP contribution in [0.5, 0.6) is 6.01 Å². The van der Waals surface area contributed by atoms with Crippen molar-refractivity contribution < 1.29 is 9.53 Å². The molecule has 0 N–H and O–H groups in total. The van der Waals surface area contributed by atoms with Gasteiger partial charge in [-0.1, -0.05) is 0 Å². The SMILES string of the molecule is COc1ncc(C(=O)N2CCCCC2)cn1. The molecule has 1 aliphatic rings. The van der Waals surface area contributed by atoms with Crippen LogP contribution in [0, 0.1) is 0 Å². The average molecular weight is 221 g/mol. The molecule has 1 aliphatic heterocycles. The lowest BCUT2D eigenvalue weighted by atomic mass is 10.1. The Balaban J connectivity index is 2.07. The molecule has 5 nitrogen and oxygen atoms in total. The Labute approximate surface area is 94.5 Å². The quantitative estimate of drug-likeness (QED) is 0.750. The smallest absolute Gasteiger partial charge is 0.316 e. The molecule has 5 heteroatoms. The van der Waals surface area contributed by atoms with Gasteiger partial charge in [-0.15, -0.1) is 0 Å². The third-order valence-corrected chi connectivity index (χ3v) is 2.70. The fraction of sp³-hybridized carbons (Fsp3) is 0.545. The second-order valence-electron chi connectivity index (χ2n) is 3.81. The predicted molar refractivity (Wildman–Crippen MR) is 58.3 cm³/mol. The summed E-state index contributed by atoms with van der Waals surface area (Å²) in [5, 5.41) is 0. The fourth-order valence-corrected chi connectivity index (χ4v) is 1.81. The number of ether oxygens (including phenoxy) is 1. The monoisotopic (exact) mass is 221 g/mol. The summed E-state index contributed by atoms with van der Waals surface area (Å²) >= 11 is 0. The highest BCUT2D eigenvalue weighted by Gasteiger charge is 2.18. The lowest BCUT2D eigenvalue weighted by molar-refractivity contribution is 0.0723. The zero-order valence-corrected chi connectivity index (χ0v) is 9.35. The maximum atomic E-state index is 12.0. The zero-order valence-electron chi connectivity index (χ0n) is 9.35. The molecule has 16 heavy (non-hydrogen) atoms. The maximum Gasteiger partial charge on any atom is 0.316 e. The maximum absolute atomic E-state index is 12.0. The zero-order chi connectivity index (χ0) is 11.4. The summed E-state index contributed by atoms with van der Waals surface area (Å²) < 4.78 is 4.85. The summed E-state index contributed by atoms with van der Waals surface area (Å²) in [4.78, 5) is 21.7. The molecule has 0 bridgehead atoms. The Bertz CT molecular complexity index is 358. The van der Waals surface area contributed by atoms with Crippen LogP contribution in [0.15, 0.2) is 12.4 Å². The molecule has 2 heterocycles. The first kappa shape index (κ1) is 10.9. The highest BCUT2D eigenvalue weighted by atomic mass is 16.5. The van der Waals surface area contributed by atoms with Crippen molar-refractivity contribution in [3.05, 3.63) is 18.0 Å². The second kappa shape index (κ2) is 4.92. The second-order valence-corrected chi connectivity index (χ2v) is 3.81. The minimum atomic E-state index is 0.0161. The molecule has 0 radical (unpaired) electrons. The molecule has 86 valence electrons. The molecule has 0 atom stereocenters. The number of likely N-dealkylation sites (tertiary alicyclic amines) is 1. The Morgan fingerprint density at radius 2 is 1.88 bits per heavy atom. The van der Waals surface area contributed by atoms with E-state index < -0.39 is 0 Å². The number of nitrogens with zero attached hydrogens (tertiary/aromatic N) is 3. The number of hydrogen-bond acceptors (Lipinski definition) is 4. The Hall–Kier alpha value is -1.65. The Kier molecular flexibility index (Phi) is 3.34. The topological polar surface area (TPSA) is 55.3 Å². The molecule has 0 aromatic carbocycles. The average Bonchev–Trinajstić information content (AvgIpc) is 2.39. The molecule has 0 spiro atoms. The summed E-state index contributed by atoms with van der Waals surface area (Å²) in [6, 6.07) is 0.287. The molecule has 1 amide bonds. The van der Waals surface area contributed by atoms with Gasteiger partial charge in [-0.05, 0) is 19.3 Å². The van der Waals surface area contributed by atoms with Gasteiger partial charge >= 0.3 is 6.01 Å². The van der Waals surface area contributed by atoms with Crippen LogP contribution in [0.2, 0.25) is 0 Å². The predicted octanol–water partition coefficient (Wildman–Crippen LogP) is 1.11. The fourth-order valence-electron chi connectivity index (χ4n) is 1.81. The van der Waals surface area contributed by atoms with Gasteiger partial charge in [0.05, 0.1) is 12.7 Å². The van der Waals surface area contributed by atoms with E-state index in [0.717, 1.165) is 25.9 Å². The molecular weight excluding hydrogens is 206 g/mol. The number of carbonyl (C=O) groups excluding carboxylic acids is 1. The number of hydrogen-bond donors (Lipinski definition) is 0. The molecular formula is C11H15N3O2. The third kappa shape index (κ3) is 2.29. The summed E-state index contributed by atoms with van der Waals surface area (Å²) in [5.74, 6) is 0.0161. The van der Waals surface area contributed by atoms with Gasteiger partial charge in [-0.2, -0.15) is 0 Å². The highest BCUT2D eigenvalue weighted by Crippen LogP contribution is 2.12. The van der Waals surface area contributed by atoms with E-state index in [0.29, 0.717) is 5.56 Å². The number of aromatic nitrogens is 2. The summed E-state index contributed by atoms with van der Waals surface area (Å²) in [6.07, 6.45) is 6.42. The molecule has 1 aromatic heterocycles. The Morgan fingerprint density at radius 1 is 1.25 bits per heavy atom. The van der Waals surface area contributed by atoms with Crippen molar-refractivity contribution in [3.63, 3.8) is 0 Å². The van der Waals surface area contributed by atoms with E-state index in [-0.39, 0.29) is 11.9 Å². The first-order valence-electron chi connectivity index (χ1n) is 5.46. The van der Waals surface area contributed by atoms with Crippen molar-refractivity contribution >= 4 is 5.91 Å².